The minimum absolute atomic E-state index is 0.0918. The van der Waals surface area contributed by atoms with E-state index in [2.05, 4.69) is 42.9 Å². The van der Waals surface area contributed by atoms with Crippen molar-refractivity contribution in [1.82, 2.24) is 0 Å². The van der Waals surface area contributed by atoms with Gasteiger partial charge < -0.3 is 0 Å². The maximum absolute atomic E-state index is 13.4. The molecular weight excluding hydrogens is 600 g/mol. The Kier molecular flexibility index (Phi) is 12.0. The molecule has 2 unspecified atom stereocenters. The normalized spacial score (nSPS) is 31.4. The zero-order valence-corrected chi connectivity index (χ0v) is 30.1. The molecule has 5 aliphatic carbocycles. The van der Waals surface area contributed by atoms with Gasteiger partial charge in [-0.1, -0.05) is 97.8 Å². The Morgan fingerprint density at radius 3 is 1.21 bits per heavy atom. The first-order valence-electron chi connectivity index (χ1n) is 19.5. The van der Waals surface area contributed by atoms with Crippen molar-refractivity contribution in [3.8, 4) is 0 Å². The van der Waals surface area contributed by atoms with Crippen LogP contribution in [0.15, 0.2) is 20.0 Å². The maximum Gasteiger partial charge on any atom is 0.235 e. The fourth-order valence-corrected chi connectivity index (χ4v) is 14.0. The summed E-state index contributed by atoms with van der Waals surface area (Å²) in [4.78, 5) is 70.4. The SMILES string of the molecule is CC1(C)CC(N=C=O)CC(C)(CN=C=O)C1(C(N=C=O)(C1CCCCC1)C1CCCCC1)C(N=C=O)(C1CCCCC1)C1CCCCC1. The number of carbonyl (C=O) groups excluding carboxylic acids is 4. The second kappa shape index (κ2) is 15.6. The number of isocyanates is 4. The van der Waals surface area contributed by atoms with E-state index in [9.17, 15) is 19.2 Å². The van der Waals surface area contributed by atoms with Crippen molar-refractivity contribution < 1.29 is 19.2 Å². The van der Waals surface area contributed by atoms with Crippen LogP contribution < -0.4 is 0 Å². The van der Waals surface area contributed by atoms with Gasteiger partial charge in [0.2, 0.25) is 24.3 Å². The lowest BCUT2D eigenvalue weighted by Crippen LogP contribution is -2.82. The highest BCUT2D eigenvalue weighted by molar-refractivity contribution is 5.45. The predicted octanol–water partition coefficient (Wildman–Crippen LogP) is 9.31. The monoisotopic (exact) mass is 660 g/mol. The Balaban J connectivity index is 2.05. The van der Waals surface area contributed by atoms with E-state index in [1.807, 2.05) is 12.2 Å². The van der Waals surface area contributed by atoms with Gasteiger partial charge in [0.05, 0.1) is 23.7 Å². The van der Waals surface area contributed by atoms with Crippen LogP contribution in [0, 0.1) is 39.9 Å². The van der Waals surface area contributed by atoms with Gasteiger partial charge in [-0.2, -0.15) is 9.98 Å². The lowest BCUT2D eigenvalue weighted by molar-refractivity contribution is -0.261. The third-order valence-corrected chi connectivity index (χ3v) is 14.7. The zero-order valence-electron chi connectivity index (χ0n) is 30.1. The summed E-state index contributed by atoms with van der Waals surface area (Å²) in [5.74, 6) is 0.367. The van der Waals surface area contributed by atoms with Gasteiger partial charge in [0.1, 0.15) is 0 Å². The summed E-state index contributed by atoms with van der Waals surface area (Å²) in [6.45, 7) is 6.97. The van der Waals surface area contributed by atoms with Gasteiger partial charge in [-0.25, -0.2) is 29.2 Å². The Labute approximate surface area is 288 Å². The lowest BCUT2D eigenvalue weighted by atomic mass is 9.27. The second-order valence-electron chi connectivity index (χ2n) is 17.3. The van der Waals surface area contributed by atoms with Crippen molar-refractivity contribution in [3.05, 3.63) is 0 Å². The molecule has 8 nitrogen and oxygen atoms in total. The summed E-state index contributed by atoms with van der Waals surface area (Å²) in [6.07, 6.45) is 30.2. The second-order valence-corrected chi connectivity index (χ2v) is 17.3. The summed E-state index contributed by atoms with van der Waals surface area (Å²) < 4.78 is 0. The number of aliphatic imine (C=N–C) groups is 4. The van der Waals surface area contributed by atoms with E-state index in [1.54, 1.807) is 0 Å². The Hall–Kier alpha value is -2.48. The summed E-state index contributed by atoms with van der Waals surface area (Å²) in [5.41, 5.74) is -4.16. The topological polar surface area (TPSA) is 118 Å². The molecule has 0 aromatic carbocycles. The molecule has 5 fully saturated rings. The highest BCUT2D eigenvalue weighted by atomic mass is 16.1. The fraction of sp³-hybridized carbons (Fsp3) is 0.900. The molecule has 5 saturated carbocycles. The molecular formula is C40H60N4O4. The van der Waals surface area contributed by atoms with E-state index in [0.29, 0.717) is 12.8 Å². The predicted molar refractivity (Wildman–Crippen MR) is 186 cm³/mol. The molecule has 5 aliphatic rings. The van der Waals surface area contributed by atoms with Crippen LogP contribution in [0.3, 0.4) is 0 Å². The van der Waals surface area contributed by atoms with Crippen molar-refractivity contribution in [2.45, 2.75) is 179 Å². The minimum Gasteiger partial charge on any atom is -0.211 e. The first kappa shape index (κ1) is 36.8. The van der Waals surface area contributed by atoms with Crippen molar-refractivity contribution in [3.63, 3.8) is 0 Å². The zero-order chi connectivity index (χ0) is 34.3. The van der Waals surface area contributed by atoms with Crippen molar-refractivity contribution >= 4 is 24.3 Å². The molecule has 0 radical (unpaired) electrons. The van der Waals surface area contributed by atoms with Gasteiger partial charge in [-0.05, 0) is 93.3 Å². The van der Waals surface area contributed by atoms with E-state index in [1.165, 1.54) is 0 Å². The number of hydrogen-bond acceptors (Lipinski definition) is 8. The van der Waals surface area contributed by atoms with Crippen LogP contribution in [0.2, 0.25) is 0 Å². The summed E-state index contributed by atoms with van der Waals surface area (Å²) >= 11 is 0. The van der Waals surface area contributed by atoms with E-state index >= 15 is 0 Å². The summed E-state index contributed by atoms with van der Waals surface area (Å²) in [5, 5.41) is 0. The smallest absolute Gasteiger partial charge is 0.211 e. The minimum atomic E-state index is -0.905. The van der Waals surface area contributed by atoms with Crippen molar-refractivity contribution in [2.24, 2.45) is 59.9 Å². The molecule has 5 rings (SSSR count). The van der Waals surface area contributed by atoms with Crippen LogP contribution in [0.4, 0.5) is 0 Å². The first-order chi connectivity index (χ1) is 23.2. The highest BCUT2D eigenvalue weighted by Gasteiger charge is 2.82. The number of nitrogens with zero attached hydrogens (tertiary/aromatic N) is 4. The Morgan fingerprint density at radius 2 is 0.896 bits per heavy atom. The van der Waals surface area contributed by atoms with Gasteiger partial charge in [0, 0.05) is 10.8 Å². The molecule has 0 N–H and O–H groups in total. The molecule has 48 heavy (non-hydrogen) atoms. The van der Waals surface area contributed by atoms with Crippen LogP contribution in [0.1, 0.15) is 162 Å². The first-order valence-corrected chi connectivity index (χ1v) is 19.5. The van der Waals surface area contributed by atoms with Crippen LogP contribution in [-0.2, 0) is 19.2 Å². The molecule has 0 saturated heterocycles. The van der Waals surface area contributed by atoms with Crippen LogP contribution >= 0.6 is 0 Å². The largest absolute Gasteiger partial charge is 0.235 e. The third-order valence-electron chi connectivity index (χ3n) is 14.7. The molecule has 0 aromatic rings. The molecule has 0 spiro atoms. The Morgan fingerprint density at radius 1 is 0.521 bits per heavy atom. The van der Waals surface area contributed by atoms with Gasteiger partial charge in [-0.15, -0.1) is 0 Å². The van der Waals surface area contributed by atoms with Crippen molar-refractivity contribution in [1.29, 1.82) is 0 Å². The lowest BCUT2D eigenvalue weighted by Gasteiger charge is -2.77. The van der Waals surface area contributed by atoms with Crippen LogP contribution in [0.25, 0.3) is 0 Å². The van der Waals surface area contributed by atoms with E-state index in [4.69, 9.17) is 9.98 Å². The molecule has 264 valence electrons. The maximum atomic E-state index is 13.4. The molecule has 0 heterocycles. The Bertz CT molecular complexity index is 1200. The van der Waals surface area contributed by atoms with E-state index in [-0.39, 0.29) is 36.3 Å². The standard InChI is InChI=1S/C40H60N4O4/c1-36(2)24-35(42-28-46)25-37(3,26-41-27-45)40(36,38(43-29-47,31-16-8-4-9-17-31)32-18-10-5-11-19-32)39(44-30-48,33-20-12-6-13-21-33)34-22-14-7-15-23-34/h31-35H,4-26H2,1-3H3. The summed E-state index contributed by atoms with van der Waals surface area (Å²) in [7, 11) is 0. The van der Waals surface area contributed by atoms with Gasteiger partial charge in [0.15, 0.2) is 0 Å². The van der Waals surface area contributed by atoms with Crippen molar-refractivity contribution in [2.75, 3.05) is 6.54 Å². The van der Waals surface area contributed by atoms with Crippen LogP contribution in [0.5, 0.6) is 0 Å². The molecule has 0 aromatic heterocycles. The number of rotatable bonds is 11. The van der Waals surface area contributed by atoms with Crippen LogP contribution in [-0.4, -0.2) is 48.0 Å². The third kappa shape index (κ3) is 5.90. The highest BCUT2D eigenvalue weighted by Crippen LogP contribution is 2.79. The molecule has 0 amide bonds. The van der Waals surface area contributed by atoms with Gasteiger partial charge in [0.25, 0.3) is 0 Å². The molecule has 8 heteroatoms. The number of hydrogen-bond donors (Lipinski definition) is 0. The quantitative estimate of drug-likeness (QED) is 0.162. The van der Waals surface area contributed by atoms with Gasteiger partial charge in [-0.3, -0.25) is 0 Å². The molecule has 0 bridgehead atoms. The van der Waals surface area contributed by atoms with E-state index in [0.717, 1.165) is 128 Å². The fourth-order valence-electron chi connectivity index (χ4n) is 14.0. The summed E-state index contributed by atoms with van der Waals surface area (Å²) in [6, 6.07) is -0.344. The average molecular weight is 661 g/mol. The molecule has 2 atom stereocenters. The van der Waals surface area contributed by atoms with E-state index < -0.39 is 27.3 Å². The van der Waals surface area contributed by atoms with Gasteiger partial charge >= 0.3 is 0 Å². The average Bonchev–Trinajstić information content (AvgIpc) is 3.11. The molecule has 0 aliphatic heterocycles.